The highest BCUT2D eigenvalue weighted by molar-refractivity contribution is 8.06. The fourth-order valence-corrected chi connectivity index (χ4v) is 1.57. The molecule has 0 saturated carbocycles. The Morgan fingerprint density at radius 2 is 2.08 bits per heavy atom. The molecule has 70 valence electrons. The summed E-state index contributed by atoms with van der Waals surface area (Å²) >= 11 is 1.97. The lowest BCUT2D eigenvalue weighted by Gasteiger charge is -2.04. The molecule has 1 aliphatic heterocycles. The first kappa shape index (κ1) is 8.95. The first-order chi connectivity index (χ1) is 6.38. The van der Waals surface area contributed by atoms with Gasteiger partial charge in [-0.2, -0.15) is 11.8 Å². The molecule has 0 radical (unpaired) electrons. The standard InChI is InChI=1S/C11H14OS/c1-2-9-3-5-10(6-4-9)12-7-11-8-13-11/h3-6,11H,2,7-8H2,1H3. The summed E-state index contributed by atoms with van der Waals surface area (Å²) in [6, 6.07) is 8.39. The highest BCUT2D eigenvalue weighted by Crippen LogP contribution is 2.30. The molecule has 0 spiro atoms. The van der Waals surface area contributed by atoms with Gasteiger partial charge >= 0.3 is 0 Å². The molecular formula is C11H14OS. The van der Waals surface area contributed by atoms with Crippen LogP contribution in [0.15, 0.2) is 24.3 Å². The van der Waals surface area contributed by atoms with Crippen LogP contribution in [-0.2, 0) is 6.42 Å². The Morgan fingerprint density at radius 3 is 2.62 bits per heavy atom. The lowest BCUT2D eigenvalue weighted by atomic mass is 10.2. The van der Waals surface area contributed by atoms with Crippen molar-refractivity contribution >= 4 is 11.8 Å². The van der Waals surface area contributed by atoms with Crippen molar-refractivity contribution in [3.05, 3.63) is 29.8 Å². The van der Waals surface area contributed by atoms with Gasteiger partial charge in [-0.25, -0.2) is 0 Å². The second-order valence-corrected chi connectivity index (χ2v) is 4.60. The predicted molar refractivity (Wildman–Crippen MR) is 57.6 cm³/mol. The normalized spacial score (nSPS) is 19.9. The Balaban J connectivity index is 1.88. The van der Waals surface area contributed by atoms with Crippen LogP contribution in [0.4, 0.5) is 0 Å². The minimum Gasteiger partial charge on any atom is -0.492 e. The van der Waals surface area contributed by atoms with Crippen molar-refractivity contribution in [3.8, 4) is 5.75 Å². The highest BCUT2D eigenvalue weighted by Gasteiger charge is 2.22. The summed E-state index contributed by atoms with van der Waals surface area (Å²) < 4.78 is 5.61. The number of hydrogen-bond acceptors (Lipinski definition) is 2. The first-order valence-electron chi connectivity index (χ1n) is 4.72. The van der Waals surface area contributed by atoms with Gasteiger partial charge in [0.2, 0.25) is 0 Å². The van der Waals surface area contributed by atoms with Crippen LogP contribution in [-0.4, -0.2) is 17.6 Å². The van der Waals surface area contributed by atoms with E-state index in [-0.39, 0.29) is 0 Å². The van der Waals surface area contributed by atoms with Crippen molar-refractivity contribution in [3.63, 3.8) is 0 Å². The zero-order chi connectivity index (χ0) is 9.10. The SMILES string of the molecule is CCc1ccc(OCC2CS2)cc1. The molecule has 1 atom stereocenters. The number of aryl methyl sites for hydroxylation is 1. The maximum Gasteiger partial charge on any atom is 0.119 e. The summed E-state index contributed by atoms with van der Waals surface area (Å²) in [6.45, 7) is 3.03. The van der Waals surface area contributed by atoms with Gasteiger partial charge in [-0.05, 0) is 24.1 Å². The summed E-state index contributed by atoms with van der Waals surface area (Å²) in [4.78, 5) is 0. The molecule has 1 aromatic carbocycles. The van der Waals surface area contributed by atoms with Crippen LogP contribution >= 0.6 is 11.8 Å². The Morgan fingerprint density at radius 1 is 1.38 bits per heavy atom. The van der Waals surface area contributed by atoms with Crippen molar-refractivity contribution < 1.29 is 4.74 Å². The quantitative estimate of drug-likeness (QED) is 0.682. The lowest BCUT2D eigenvalue weighted by Crippen LogP contribution is -2.02. The minimum atomic E-state index is 0.755. The lowest BCUT2D eigenvalue weighted by molar-refractivity contribution is 0.330. The van der Waals surface area contributed by atoms with E-state index in [1.807, 2.05) is 11.8 Å². The maximum atomic E-state index is 5.61. The van der Waals surface area contributed by atoms with Crippen LogP contribution in [0.5, 0.6) is 5.75 Å². The van der Waals surface area contributed by atoms with Gasteiger partial charge < -0.3 is 4.74 Å². The molecule has 0 N–H and O–H groups in total. The summed E-state index contributed by atoms with van der Waals surface area (Å²) in [7, 11) is 0. The number of benzene rings is 1. The summed E-state index contributed by atoms with van der Waals surface area (Å²) in [6.07, 6.45) is 1.10. The Hall–Kier alpha value is -0.630. The Kier molecular flexibility index (Phi) is 2.79. The molecule has 13 heavy (non-hydrogen) atoms. The van der Waals surface area contributed by atoms with E-state index in [1.54, 1.807) is 0 Å². The van der Waals surface area contributed by atoms with Gasteiger partial charge in [0.05, 0.1) is 0 Å². The van der Waals surface area contributed by atoms with E-state index >= 15 is 0 Å². The molecule has 1 aromatic rings. The van der Waals surface area contributed by atoms with Gasteiger partial charge in [0.15, 0.2) is 0 Å². The molecule has 1 saturated heterocycles. The number of rotatable bonds is 4. The van der Waals surface area contributed by atoms with Crippen LogP contribution in [0.3, 0.4) is 0 Å². The third kappa shape index (κ3) is 2.66. The van der Waals surface area contributed by atoms with E-state index < -0.39 is 0 Å². The topological polar surface area (TPSA) is 9.23 Å². The number of hydrogen-bond donors (Lipinski definition) is 0. The minimum absolute atomic E-state index is 0.755. The molecule has 1 nitrogen and oxygen atoms in total. The van der Waals surface area contributed by atoms with E-state index in [0.717, 1.165) is 24.0 Å². The molecular weight excluding hydrogens is 180 g/mol. The van der Waals surface area contributed by atoms with Crippen molar-refractivity contribution in [1.82, 2.24) is 0 Å². The molecule has 1 fully saturated rings. The van der Waals surface area contributed by atoms with Gasteiger partial charge in [-0.15, -0.1) is 0 Å². The number of thioether (sulfide) groups is 1. The average molecular weight is 194 g/mol. The van der Waals surface area contributed by atoms with Crippen molar-refractivity contribution in [2.45, 2.75) is 18.6 Å². The molecule has 0 aliphatic carbocycles. The van der Waals surface area contributed by atoms with E-state index in [1.165, 1.54) is 11.3 Å². The van der Waals surface area contributed by atoms with Gasteiger partial charge in [-0.1, -0.05) is 19.1 Å². The zero-order valence-electron chi connectivity index (χ0n) is 7.82. The van der Waals surface area contributed by atoms with Crippen LogP contribution in [0.1, 0.15) is 12.5 Å². The second-order valence-electron chi connectivity index (χ2n) is 3.26. The molecule has 2 heteroatoms. The summed E-state index contributed by atoms with van der Waals surface area (Å²) in [5.41, 5.74) is 1.37. The van der Waals surface area contributed by atoms with E-state index in [9.17, 15) is 0 Å². The molecule has 0 amide bonds. The smallest absolute Gasteiger partial charge is 0.119 e. The zero-order valence-corrected chi connectivity index (χ0v) is 8.64. The largest absolute Gasteiger partial charge is 0.492 e. The van der Waals surface area contributed by atoms with E-state index in [2.05, 4.69) is 31.2 Å². The van der Waals surface area contributed by atoms with Crippen LogP contribution < -0.4 is 4.74 Å². The van der Waals surface area contributed by atoms with E-state index in [4.69, 9.17) is 4.74 Å². The third-order valence-electron chi connectivity index (χ3n) is 2.17. The maximum absolute atomic E-state index is 5.61. The molecule has 1 unspecified atom stereocenters. The summed E-state index contributed by atoms with van der Waals surface area (Å²) in [5, 5.41) is 0.755. The van der Waals surface area contributed by atoms with Crippen LogP contribution in [0.25, 0.3) is 0 Å². The molecule has 1 heterocycles. The van der Waals surface area contributed by atoms with Crippen molar-refractivity contribution in [1.29, 1.82) is 0 Å². The van der Waals surface area contributed by atoms with Gasteiger partial charge in [0.25, 0.3) is 0 Å². The number of ether oxygens (including phenoxy) is 1. The highest BCUT2D eigenvalue weighted by atomic mass is 32.2. The summed E-state index contributed by atoms with van der Waals surface area (Å²) in [5.74, 6) is 2.28. The van der Waals surface area contributed by atoms with E-state index in [0.29, 0.717) is 0 Å². The average Bonchev–Trinajstić information content (AvgIpc) is 2.99. The van der Waals surface area contributed by atoms with Gasteiger partial charge in [0, 0.05) is 11.0 Å². The second kappa shape index (κ2) is 4.05. The van der Waals surface area contributed by atoms with Crippen molar-refractivity contribution in [2.75, 3.05) is 12.4 Å². The van der Waals surface area contributed by atoms with Crippen LogP contribution in [0.2, 0.25) is 0 Å². The van der Waals surface area contributed by atoms with Gasteiger partial charge in [0.1, 0.15) is 12.4 Å². The first-order valence-corrected chi connectivity index (χ1v) is 5.76. The van der Waals surface area contributed by atoms with Crippen LogP contribution in [0, 0.1) is 0 Å². The predicted octanol–water partition coefficient (Wildman–Crippen LogP) is 2.74. The van der Waals surface area contributed by atoms with Crippen molar-refractivity contribution in [2.24, 2.45) is 0 Å². The molecule has 1 aliphatic rings. The fraction of sp³-hybridized carbons (Fsp3) is 0.455. The fourth-order valence-electron chi connectivity index (χ4n) is 1.17. The Labute approximate surface area is 83.5 Å². The Bertz CT molecular complexity index is 264. The third-order valence-corrected chi connectivity index (χ3v) is 3.11. The van der Waals surface area contributed by atoms with Gasteiger partial charge in [-0.3, -0.25) is 0 Å². The molecule has 0 bridgehead atoms. The molecule has 0 aromatic heterocycles. The molecule has 2 rings (SSSR count). The monoisotopic (exact) mass is 194 g/mol.